The summed E-state index contributed by atoms with van der Waals surface area (Å²) in [6.45, 7) is 4.64. The molecule has 2 saturated carbocycles. The lowest BCUT2D eigenvalue weighted by atomic mass is 9.75. The molecule has 0 saturated heterocycles. The molecule has 0 heterocycles. The van der Waals surface area contributed by atoms with E-state index in [1.165, 1.54) is 12.8 Å². The summed E-state index contributed by atoms with van der Waals surface area (Å²) >= 11 is 0. The molecule has 3 N–H and O–H groups in total. The van der Waals surface area contributed by atoms with Gasteiger partial charge in [-0.2, -0.15) is 0 Å². The Morgan fingerprint density at radius 2 is 1.82 bits per heavy atom. The molecule has 2 aliphatic carbocycles. The van der Waals surface area contributed by atoms with Crippen molar-refractivity contribution in [1.82, 2.24) is 5.32 Å². The van der Waals surface area contributed by atoms with Gasteiger partial charge in [0.15, 0.2) is 0 Å². The van der Waals surface area contributed by atoms with Crippen molar-refractivity contribution >= 4 is 5.91 Å². The Morgan fingerprint density at radius 1 is 1.18 bits per heavy atom. The minimum Gasteiger partial charge on any atom is -0.353 e. The Balaban J connectivity index is 1.76. The third-order valence-electron chi connectivity index (χ3n) is 4.53. The molecule has 3 nitrogen and oxygen atoms in total. The second kappa shape index (κ2) is 4.97. The molecular formula is C14H26N2O. The highest BCUT2D eigenvalue weighted by molar-refractivity contribution is 5.79. The van der Waals surface area contributed by atoms with Crippen molar-refractivity contribution in [1.29, 1.82) is 0 Å². The van der Waals surface area contributed by atoms with Gasteiger partial charge in [-0.15, -0.1) is 0 Å². The van der Waals surface area contributed by atoms with Gasteiger partial charge in [0.25, 0.3) is 0 Å². The maximum absolute atomic E-state index is 12.1. The minimum atomic E-state index is 0.180. The van der Waals surface area contributed by atoms with Crippen molar-refractivity contribution in [2.75, 3.05) is 0 Å². The Labute approximate surface area is 105 Å². The molecule has 2 fully saturated rings. The van der Waals surface area contributed by atoms with E-state index in [2.05, 4.69) is 19.2 Å². The number of hydrogen-bond donors (Lipinski definition) is 2. The van der Waals surface area contributed by atoms with Crippen molar-refractivity contribution in [2.45, 2.75) is 70.9 Å². The predicted molar refractivity (Wildman–Crippen MR) is 69.5 cm³/mol. The Kier molecular flexibility index (Phi) is 3.76. The van der Waals surface area contributed by atoms with Gasteiger partial charge >= 0.3 is 0 Å². The smallest absolute Gasteiger partial charge is 0.223 e. The molecule has 2 rings (SSSR count). The van der Waals surface area contributed by atoms with Gasteiger partial charge in [0.1, 0.15) is 0 Å². The fraction of sp³-hybridized carbons (Fsp3) is 0.929. The summed E-state index contributed by atoms with van der Waals surface area (Å²) in [5, 5.41) is 3.22. The van der Waals surface area contributed by atoms with Gasteiger partial charge in [-0.3, -0.25) is 4.79 Å². The number of carbonyl (C=O) groups excluding carboxylic acids is 1. The Bertz CT molecular complexity index is 278. The van der Waals surface area contributed by atoms with Crippen molar-refractivity contribution in [3.05, 3.63) is 0 Å². The number of amides is 1. The molecule has 0 bridgehead atoms. The van der Waals surface area contributed by atoms with Gasteiger partial charge in [0, 0.05) is 18.0 Å². The van der Waals surface area contributed by atoms with Crippen LogP contribution in [0.2, 0.25) is 0 Å². The average Bonchev–Trinajstić information content (AvgIpc) is 2.68. The highest BCUT2D eigenvalue weighted by atomic mass is 16.1. The maximum Gasteiger partial charge on any atom is 0.223 e. The molecule has 2 atom stereocenters. The van der Waals surface area contributed by atoms with Crippen molar-refractivity contribution in [3.8, 4) is 0 Å². The van der Waals surface area contributed by atoms with E-state index in [-0.39, 0.29) is 17.9 Å². The van der Waals surface area contributed by atoms with Crippen LogP contribution in [0.4, 0.5) is 0 Å². The summed E-state index contributed by atoms with van der Waals surface area (Å²) in [4.78, 5) is 12.1. The van der Waals surface area contributed by atoms with Crippen molar-refractivity contribution in [2.24, 2.45) is 17.1 Å². The first kappa shape index (κ1) is 12.9. The lowest BCUT2D eigenvalue weighted by molar-refractivity contribution is -0.125. The van der Waals surface area contributed by atoms with E-state index in [4.69, 9.17) is 5.73 Å². The number of hydrogen-bond acceptors (Lipinski definition) is 2. The van der Waals surface area contributed by atoms with Crippen molar-refractivity contribution < 1.29 is 4.79 Å². The first-order valence-corrected chi connectivity index (χ1v) is 7.02. The summed E-state index contributed by atoms with van der Waals surface area (Å²) in [6, 6.07) is 0.656. The van der Waals surface area contributed by atoms with Crippen LogP contribution >= 0.6 is 0 Å². The van der Waals surface area contributed by atoms with Crippen LogP contribution in [0.25, 0.3) is 0 Å². The molecule has 0 aliphatic heterocycles. The maximum atomic E-state index is 12.1. The minimum absolute atomic E-state index is 0.180. The average molecular weight is 238 g/mol. The molecule has 0 aromatic carbocycles. The molecule has 0 aromatic rings. The van der Waals surface area contributed by atoms with Crippen LogP contribution in [-0.2, 0) is 4.79 Å². The van der Waals surface area contributed by atoms with Gasteiger partial charge in [0.2, 0.25) is 5.91 Å². The Morgan fingerprint density at radius 3 is 2.35 bits per heavy atom. The molecule has 2 aliphatic rings. The van der Waals surface area contributed by atoms with Crippen molar-refractivity contribution in [3.63, 3.8) is 0 Å². The summed E-state index contributed by atoms with van der Waals surface area (Å²) < 4.78 is 0. The number of nitrogens with one attached hydrogen (secondary N) is 1. The van der Waals surface area contributed by atoms with Crippen LogP contribution in [0.3, 0.4) is 0 Å². The second-order valence-electron chi connectivity index (χ2n) is 6.72. The zero-order valence-electron chi connectivity index (χ0n) is 11.2. The van der Waals surface area contributed by atoms with E-state index >= 15 is 0 Å². The lowest BCUT2D eigenvalue weighted by Crippen LogP contribution is -2.41. The summed E-state index contributed by atoms with van der Waals surface area (Å²) in [6.07, 6.45) is 7.59. The van der Waals surface area contributed by atoms with E-state index in [9.17, 15) is 4.79 Å². The van der Waals surface area contributed by atoms with Crippen LogP contribution in [-0.4, -0.2) is 18.0 Å². The fourth-order valence-corrected chi connectivity index (χ4v) is 3.12. The molecule has 98 valence electrons. The first-order chi connectivity index (χ1) is 7.96. The van der Waals surface area contributed by atoms with Gasteiger partial charge < -0.3 is 11.1 Å². The zero-order valence-corrected chi connectivity index (χ0v) is 11.2. The van der Waals surface area contributed by atoms with Crippen LogP contribution in [0.15, 0.2) is 0 Å². The summed E-state index contributed by atoms with van der Waals surface area (Å²) in [5.74, 6) is 0.433. The topological polar surface area (TPSA) is 55.1 Å². The summed E-state index contributed by atoms with van der Waals surface area (Å²) in [7, 11) is 0. The largest absolute Gasteiger partial charge is 0.353 e. The van der Waals surface area contributed by atoms with E-state index in [1.807, 2.05) is 0 Å². The van der Waals surface area contributed by atoms with E-state index in [0.717, 1.165) is 32.1 Å². The molecule has 1 amide bonds. The quantitative estimate of drug-likeness (QED) is 0.775. The van der Waals surface area contributed by atoms with Crippen LogP contribution in [0.1, 0.15) is 58.8 Å². The Hall–Kier alpha value is -0.570. The SMILES string of the molecule is CC1(C)CCC(NC(=O)C2CCC(N)C2)CC1. The molecule has 0 spiro atoms. The number of carbonyl (C=O) groups is 1. The molecule has 0 radical (unpaired) electrons. The van der Waals surface area contributed by atoms with Gasteiger partial charge in [0.05, 0.1) is 0 Å². The highest BCUT2D eigenvalue weighted by Gasteiger charge is 2.31. The highest BCUT2D eigenvalue weighted by Crippen LogP contribution is 2.35. The molecular weight excluding hydrogens is 212 g/mol. The summed E-state index contributed by atoms with van der Waals surface area (Å²) in [5.41, 5.74) is 6.32. The third kappa shape index (κ3) is 3.44. The normalized spacial score (nSPS) is 33.6. The third-order valence-corrected chi connectivity index (χ3v) is 4.53. The standard InChI is InChI=1S/C14H26N2O/c1-14(2)7-5-12(6-8-14)16-13(17)10-3-4-11(15)9-10/h10-12H,3-9,15H2,1-2H3,(H,16,17). The van der Waals surface area contributed by atoms with Crippen LogP contribution < -0.4 is 11.1 Å². The van der Waals surface area contributed by atoms with Crippen LogP contribution in [0, 0.1) is 11.3 Å². The monoisotopic (exact) mass is 238 g/mol. The van der Waals surface area contributed by atoms with Crippen LogP contribution in [0.5, 0.6) is 0 Å². The van der Waals surface area contributed by atoms with E-state index in [0.29, 0.717) is 11.5 Å². The lowest BCUT2D eigenvalue weighted by Gasteiger charge is -2.35. The molecule has 2 unspecified atom stereocenters. The fourth-order valence-electron chi connectivity index (χ4n) is 3.12. The second-order valence-corrected chi connectivity index (χ2v) is 6.72. The van der Waals surface area contributed by atoms with E-state index in [1.54, 1.807) is 0 Å². The zero-order chi connectivity index (χ0) is 12.5. The first-order valence-electron chi connectivity index (χ1n) is 7.02. The molecule has 3 heteroatoms. The predicted octanol–water partition coefficient (Wildman–Crippen LogP) is 2.20. The molecule has 0 aromatic heterocycles. The van der Waals surface area contributed by atoms with Gasteiger partial charge in [-0.05, 0) is 50.4 Å². The number of rotatable bonds is 2. The molecule has 17 heavy (non-hydrogen) atoms. The number of nitrogens with two attached hydrogens (primary N) is 1. The van der Waals surface area contributed by atoms with Gasteiger partial charge in [-0.1, -0.05) is 13.8 Å². The van der Waals surface area contributed by atoms with Gasteiger partial charge in [-0.25, -0.2) is 0 Å². The van der Waals surface area contributed by atoms with E-state index < -0.39 is 0 Å².